The molecule has 1 fully saturated rings. The van der Waals surface area contributed by atoms with E-state index in [4.69, 9.17) is 16.3 Å². The number of hydrogen-bond acceptors (Lipinski definition) is 5. The number of halogens is 1. The average Bonchev–Trinajstić information content (AvgIpc) is 2.86. The van der Waals surface area contributed by atoms with Gasteiger partial charge in [-0.05, 0) is 42.4 Å². The van der Waals surface area contributed by atoms with Gasteiger partial charge in [0.15, 0.2) is 5.75 Å². The van der Waals surface area contributed by atoms with Gasteiger partial charge in [0.05, 0.1) is 24.4 Å². The molecule has 182 valence electrons. The van der Waals surface area contributed by atoms with Crippen molar-refractivity contribution >= 4 is 34.8 Å². The van der Waals surface area contributed by atoms with Gasteiger partial charge in [0.1, 0.15) is 0 Å². The van der Waals surface area contributed by atoms with E-state index in [1.807, 2.05) is 54.6 Å². The molecule has 1 aliphatic rings. The van der Waals surface area contributed by atoms with Crippen LogP contribution in [0, 0.1) is 0 Å². The highest BCUT2D eigenvalue weighted by Gasteiger charge is 2.20. The van der Waals surface area contributed by atoms with E-state index in [0.29, 0.717) is 22.7 Å². The number of ether oxygens (including phenoxy) is 1. The molecule has 4 rings (SSSR count). The van der Waals surface area contributed by atoms with Gasteiger partial charge in [-0.2, -0.15) is 0 Å². The average molecular weight is 493 g/mol. The number of carbonyl (C=O) groups excluding carboxylic acids is 2. The smallest absolute Gasteiger partial charge is 0.255 e. The first-order chi connectivity index (χ1) is 16.9. The molecule has 8 heteroatoms. The van der Waals surface area contributed by atoms with E-state index in [-0.39, 0.29) is 23.4 Å². The molecule has 3 aromatic carbocycles. The van der Waals surface area contributed by atoms with Crippen LogP contribution in [0.3, 0.4) is 0 Å². The summed E-state index contributed by atoms with van der Waals surface area (Å²) < 4.78 is 5.39. The number of hydrogen-bond donors (Lipinski definition) is 2. The van der Waals surface area contributed by atoms with Gasteiger partial charge in [-0.15, -0.1) is 0 Å². The third kappa shape index (κ3) is 6.39. The first kappa shape index (κ1) is 24.7. The Kier molecular flexibility index (Phi) is 8.02. The lowest BCUT2D eigenvalue weighted by Crippen LogP contribution is -2.47. The number of nitrogens with one attached hydrogen (secondary N) is 2. The standard InChI is InChI=1S/C27H29ClN4O3/c1-31-12-14-32(15-13-31)18-25(33)30-24-17-21(16-23(28)26(24)35-2)27(34)29-22-10-8-20(9-11-22)19-6-4-3-5-7-19/h3-11,16-17H,12-15,18H2,1-2H3,(H,29,34)(H,30,33). The fourth-order valence-electron chi connectivity index (χ4n) is 4.00. The SMILES string of the molecule is COc1c(Cl)cc(C(=O)Nc2ccc(-c3ccccc3)cc2)cc1NC(=O)CN1CCN(C)CC1. The van der Waals surface area contributed by atoms with Gasteiger partial charge in [0.2, 0.25) is 5.91 Å². The molecule has 2 amide bonds. The molecule has 0 radical (unpaired) electrons. The molecular formula is C27H29ClN4O3. The lowest BCUT2D eigenvalue weighted by molar-refractivity contribution is -0.117. The molecule has 0 saturated carbocycles. The predicted octanol–water partition coefficient (Wildman–Crippen LogP) is 4.45. The summed E-state index contributed by atoms with van der Waals surface area (Å²) in [6.45, 7) is 3.76. The van der Waals surface area contributed by atoms with Crippen LogP contribution in [0.4, 0.5) is 11.4 Å². The van der Waals surface area contributed by atoms with Gasteiger partial charge in [-0.25, -0.2) is 0 Å². The fraction of sp³-hybridized carbons (Fsp3) is 0.259. The van der Waals surface area contributed by atoms with Crippen molar-refractivity contribution in [2.24, 2.45) is 0 Å². The van der Waals surface area contributed by atoms with Crippen molar-refractivity contribution in [3.05, 3.63) is 77.3 Å². The monoisotopic (exact) mass is 492 g/mol. The van der Waals surface area contributed by atoms with Crippen LogP contribution < -0.4 is 15.4 Å². The van der Waals surface area contributed by atoms with Crippen LogP contribution in [0.1, 0.15) is 10.4 Å². The first-order valence-electron chi connectivity index (χ1n) is 11.5. The summed E-state index contributed by atoms with van der Waals surface area (Å²) in [5.74, 6) is -0.197. The summed E-state index contributed by atoms with van der Waals surface area (Å²) in [5.41, 5.74) is 3.49. The lowest BCUT2D eigenvalue weighted by atomic mass is 10.1. The van der Waals surface area contributed by atoms with Crippen molar-refractivity contribution in [2.45, 2.75) is 0 Å². The Balaban J connectivity index is 1.45. The molecule has 7 nitrogen and oxygen atoms in total. The van der Waals surface area contributed by atoms with Crippen LogP contribution in [0.15, 0.2) is 66.7 Å². The van der Waals surface area contributed by atoms with Crippen LogP contribution in [0.25, 0.3) is 11.1 Å². The number of rotatable bonds is 7. The Hall–Kier alpha value is -3.39. The summed E-state index contributed by atoms with van der Waals surface area (Å²) in [5, 5.41) is 5.99. The molecule has 0 aromatic heterocycles. The maximum Gasteiger partial charge on any atom is 0.255 e. The number of nitrogens with zero attached hydrogens (tertiary/aromatic N) is 2. The number of benzene rings is 3. The normalized spacial score (nSPS) is 14.4. The van der Waals surface area contributed by atoms with Crippen molar-refractivity contribution in [3.8, 4) is 16.9 Å². The number of carbonyl (C=O) groups is 2. The summed E-state index contributed by atoms with van der Waals surface area (Å²) >= 11 is 6.39. The molecule has 1 aliphatic heterocycles. The van der Waals surface area contributed by atoms with Crippen molar-refractivity contribution in [3.63, 3.8) is 0 Å². The van der Waals surface area contributed by atoms with Gasteiger partial charge in [-0.3, -0.25) is 14.5 Å². The van der Waals surface area contributed by atoms with Crippen LogP contribution >= 0.6 is 11.6 Å². The predicted molar refractivity (Wildman–Crippen MR) is 140 cm³/mol. The molecule has 35 heavy (non-hydrogen) atoms. The third-order valence-electron chi connectivity index (χ3n) is 6.00. The Morgan fingerprint density at radius 2 is 1.57 bits per heavy atom. The lowest BCUT2D eigenvalue weighted by Gasteiger charge is -2.31. The van der Waals surface area contributed by atoms with E-state index in [0.717, 1.165) is 37.3 Å². The zero-order chi connectivity index (χ0) is 24.8. The highest BCUT2D eigenvalue weighted by atomic mass is 35.5. The second kappa shape index (κ2) is 11.4. The van der Waals surface area contributed by atoms with Gasteiger partial charge in [-0.1, -0.05) is 54.1 Å². The van der Waals surface area contributed by atoms with Crippen molar-refractivity contribution in [2.75, 3.05) is 57.5 Å². The second-order valence-corrected chi connectivity index (χ2v) is 8.97. The number of likely N-dealkylation sites (N-methyl/N-ethyl adjacent to an activating group) is 1. The summed E-state index contributed by atoms with van der Waals surface area (Å²) in [6.07, 6.45) is 0. The topological polar surface area (TPSA) is 73.9 Å². The maximum atomic E-state index is 13.0. The molecule has 2 N–H and O–H groups in total. The van der Waals surface area contributed by atoms with Crippen LogP contribution in [0.5, 0.6) is 5.75 Å². The fourth-order valence-corrected chi connectivity index (χ4v) is 4.30. The van der Waals surface area contributed by atoms with E-state index in [9.17, 15) is 9.59 Å². The number of piperazine rings is 1. The molecule has 0 aliphatic carbocycles. The van der Waals surface area contributed by atoms with Crippen molar-refractivity contribution < 1.29 is 14.3 Å². The minimum atomic E-state index is -0.336. The largest absolute Gasteiger partial charge is 0.493 e. The molecule has 1 heterocycles. The second-order valence-electron chi connectivity index (χ2n) is 8.56. The van der Waals surface area contributed by atoms with Gasteiger partial charge >= 0.3 is 0 Å². The van der Waals surface area contributed by atoms with Crippen LogP contribution in [0.2, 0.25) is 5.02 Å². The molecule has 0 bridgehead atoms. The summed E-state index contributed by atoms with van der Waals surface area (Å²) in [7, 11) is 3.55. The molecule has 0 spiro atoms. The van der Waals surface area contributed by atoms with Crippen LogP contribution in [-0.4, -0.2) is 68.5 Å². The van der Waals surface area contributed by atoms with E-state index < -0.39 is 0 Å². The molecule has 3 aromatic rings. The molecule has 0 unspecified atom stereocenters. The molecule has 0 atom stereocenters. The van der Waals surface area contributed by atoms with E-state index in [2.05, 4.69) is 27.5 Å². The first-order valence-corrected chi connectivity index (χ1v) is 11.9. The number of anilines is 2. The summed E-state index contributed by atoms with van der Waals surface area (Å²) in [6, 6.07) is 20.7. The Labute approximate surface area is 210 Å². The highest BCUT2D eigenvalue weighted by Crippen LogP contribution is 2.35. The highest BCUT2D eigenvalue weighted by molar-refractivity contribution is 6.33. The van der Waals surface area contributed by atoms with Gasteiger partial charge in [0.25, 0.3) is 5.91 Å². The number of methoxy groups -OCH3 is 1. The Morgan fingerprint density at radius 1 is 0.914 bits per heavy atom. The quantitative estimate of drug-likeness (QED) is 0.509. The van der Waals surface area contributed by atoms with Crippen molar-refractivity contribution in [1.82, 2.24) is 9.80 Å². The maximum absolute atomic E-state index is 13.0. The zero-order valence-corrected chi connectivity index (χ0v) is 20.6. The summed E-state index contributed by atoms with van der Waals surface area (Å²) in [4.78, 5) is 30.0. The Bertz CT molecular complexity index is 1180. The molecule has 1 saturated heterocycles. The van der Waals surface area contributed by atoms with Gasteiger partial charge < -0.3 is 20.3 Å². The van der Waals surface area contributed by atoms with Crippen LogP contribution in [-0.2, 0) is 4.79 Å². The van der Waals surface area contributed by atoms with Crippen molar-refractivity contribution in [1.29, 1.82) is 0 Å². The minimum Gasteiger partial charge on any atom is -0.493 e. The van der Waals surface area contributed by atoms with E-state index in [1.165, 1.54) is 13.2 Å². The third-order valence-corrected chi connectivity index (χ3v) is 6.28. The van der Waals surface area contributed by atoms with E-state index >= 15 is 0 Å². The minimum absolute atomic E-state index is 0.182. The Morgan fingerprint density at radius 3 is 2.23 bits per heavy atom. The number of amides is 2. The zero-order valence-electron chi connectivity index (χ0n) is 19.9. The van der Waals surface area contributed by atoms with E-state index in [1.54, 1.807) is 6.07 Å². The van der Waals surface area contributed by atoms with Gasteiger partial charge in [0, 0.05) is 37.4 Å². The molecular weight excluding hydrogens is 464 g/mol.